The first-order valence-electron chi connectivity index (χ1n) is 10.1. The molecule has 2 aromatic carbocycles. The first-order valence-corrected chi connectivity index (χ1v) is 11.5. The van der Waals surface area contributed by atoms with Gasteiger partial charge in [-0.15, -0.1) is 6.58 Å². The molecule has 168 valence electrons. The molecule has 1 aliphatic heterocycles. The zero-order valence-electron chi connectivity index (χ0n) is 17.4. The van der Waals surface area contributed by atoms with E-state index in [1.165, 1.54) is 0 Å². The molecule has 0 aromatic heterocycles. The summed E-state index contributed by atoms with van der Waals surface area (Å²) in [6, 6.07) is 11.3. The van der Waals surface area contributed by atoms with Gasteiger partial charge in [-0.25, -0.2) is 17.2 Å². The SMILES string of the molecule is C=CCN(Cc1ccc(C#N)cc1)C(=O)C1CCN(S(=O)(=O)c2cc(F)ccc2F)CC1. The van der Waals surface area contributed by atoms with Gasteiger partial charge in [0.1, 0.15) is 16.5 Å². The number of sulfonamides is 1. The smallest absolute Gasteiger partial charge is 0.246 e. The predicted octanol–water partition coefficient (Wildman–Crippen LogP) is 3.45. The fourth-order valence-electron chi connectivity index (χ4n) is 3.71. The number of benzene rings is 2. The third-order valence-electron chi connectivity index (χ3n) is 5.43. The van der Waals surface area contributed by atoms with E-state index in [1.54, 1.807) is 35.2 Å². The molecule has 6 nitrogen and oxygen atoms in total. The molecule has 32 heavy (non-hydrogen) atoms. The van der Waals surface area contributed by atoms with Crippen molar-refractivity contribution in [2.24, 2.45) is 5.92 Å². The van der Waals surface area contributed by atoms with Gasteiger partial charge in [0.05, 0.1) is 11.6 Å². The molecule has 1 fully saturated rings. The van der Waals surface area contributed by atoms with Crippen LogP contribution < -0.4 is 0 Å². The lowest BCUT2D eigenvalue weighted by Crippen LogP contribution is -2.44. The fraction of sp³-hybridized carbons (Fsp3) is 0.304. The average Bonchev–Trinajstić information content (AvgIpc) is 2.80. The van der Waals surface area contributed by atoms with Crippen LogP contribution in [0.1, 0.15) is 24.0 Å². The Hall–Kier alpha value is -3.09. The number of rotatable bonds is 7. The third-order valence-corrected chi connectivity index (χ3v) is 7.35. The van der Waals surface area contributed by atoms with Crippen LogP contribution in [0.4, 0.5) is 8.78 Å². The van der Waals surface area contributed by atoms with Gasteiger partial charge in [0, 0.05) is 32.1 Å². The number of nitrogens with zero attached hydrogens (tertiary/aromatic N) is 3. The first kappa shape index (κ1) is 23.6. The second-order valence-electron chi connectivity index (χ2n) is 7.57. The van der Waals surface area contributed by atoms with Crippen molar-refractivity contribution in [2.45, 2.75) is 24.3 Å². The highest BCUT2D eigenvalue weighted by atomic mass is 32.2. The summed E-state index contributed by atoms with van der Waals surface area (Å²) >= 11 is 0. The van der Waals surface area contributed by atoms with Gasteiger partial charge in [0.15, 0.2) is 0 Å². The Bertz CT molecular complexity index is 1140. The topological polar surface area (TPSA) is 81.5 Å². The molecule has 0 bridgehead atoms. The second kappa shape index (κ2) is 10.0. The Balaban J connectivity index is 1.68. The van der Waals surface area contributed by atoms with Gasteiger partial charge in [-0.3, -0.25) is 4.79 Å². The van der Waals surface area contributed by atoms with Crippen LogP contribution in [0.5, 0.6) is 0 Å². The van der Waals surface area contributed by atoms with Gasteiger partial charge < -0.3 is 4.90 Å². The van der Waals surface area contributed by atoms with Gasteiger partial charge in [0.25, 0.3) is 0 Å². The lowest BCUT2D eigenvalue weighted by atomic mass is 9.96. The molecule has 0 N–H and O–H groups in total. The van der Waals surface area contributed by atoms with Crippen molar-refractivity contribution in [3.05, 3.63) is 77.9 Å². The third kappa shape index (κ3) is 5.21. The number of carbonyl (C=O) groups excluding carboxylic acids is 1. The maximum atomic E-state index is 14.0. The van der Waals surface area contributed by atoms with Crippen LogP contribution in [-0.2, 0) is 21.4 Å². The van der Waals surface area contributed by atoms with E-state index in [4.69, 9.17) is 5.26 Å². The quantitative estimate of drug-likeness (QED) is 0.594. The Morgan fingerprint density at radius 3 is 2.44 bits per heavy atom. The normalized spacial score (nSPS) is 15.2. The molecule has 0 saturated carbocycles. The van der Waals surface area contributed by atoms with E-state index in [-0.39, 0.29) is 31.8 Å². The molecular weight excluding hydrogens is 436 g/mol. The largest absolute Gasteiger partial charge is 0.334 e. The van der Waals surface area contributed by atoms with Gasteiger partial charge in [0.2, 0.25) is 15.9 Å². The molecule has 2 aromatic rings. The summed E-state index contributed by atoms with van der Waals surface area (Å²) < 4.78 is 54.1. The minimum atomic E-state index is -4.20. The van der Waals surface area contributed by atoms with E-state index < -0.39 is 32.5 Å². The molecule has 0 atom stereocenters. The van der Waals surface area contributed by atoms with Crippen molar-refractivity contribution in [3.63, 3.8) is 0 Å². The standard InChI is InChI=1S/C23H23F2N3O3S/c1-2-11-27(16-18-5-3-17(15-26)4-6-18)23(29)19-9-12-28(13-10-19)32(30,31)22-14-20(24)7-8-21(22)25/h2-8,14,19H,1,9-13,16H2. The molecular formula is C23H23F2N3O3S. The van der Waals surface area contributed by atoms with Gasteiger partial charge >= 0.3 is 0 Å². The Morgan fingerprint density at radius 1 is 1.19 bits per heavy atom. The lowest BCUT2D eigenvalue weighted by molar-refractivity contribution is -0.136. The molecule has 3 rings (SSSR count). The minimum Gasteiger partial charge on any atom is -0.334 e. The van der Waals surface area contributed by atoms with Gasteiger partial charge in [-0.05, 0) is 48.7 Å². The molecule has 0 unspecified atom stereocenters. The summed E-state index contributed by atoms with van der Waals surface area (Å²) in [6.07, 6.45) is 2.17. The van der Waals surface area contributed by atoms with E-state index in [0.29, 0.717) is 24.7 Å². The van der Waals surface area contributed by atoms with E-state index in [9.17, 15) is 22.0 Å². The van der Waals surface area contributed by atoms with E-state index in [0.717, 1.165) is 22.0 Å². The number of halogens is 2. The van der Waals surface area contributed by atoms with Crippen LogP contribution in [0.15, 0.2) is 60.0 Å². The zero-order chi connectivity index (χ0) is 23.3. The first-order chi connectivity index (χ1) is 15.3. The number of amides is 1. The Kier molecular flexibility index (Phi) is 7.38. The highest BCUT2D eigenvalue weighted by Crippen LogP contribution is 2.27. The van der Waals surface area contributed by atoms with Crippen LogP contribution in [0, 0.1) is 28.9 Å². The van der Waals surface area contributed by atoms with Crippen molar-refractivity contribution in [3.8, 4) is 6.07 Å². The summed E-state index contributed by atoms with van der Waals surface area (Å²) in [4.78, 5) is 14.0. The number of hydrogen-bond acceptors (Lipinski definition) is 4. The summed E-state index contributed by atoms with van der Waals surface area (Å²) in [6.45, 7) is 4.43. The van der Waals surface area contributed by atoms with Gasteiger partial charge in [-0.1, -0.05) is 18.2 Å². The monoisotopic (exact) mass is 459 g/mol. The number of hydrogen-bond donors (Lipinski definition) is 0. The van der Waals surface area contributed by atoms with Crippen LogP contribution >= 0.6 is 0 Å². The van der Waals surface area contributed by atoms with Crippen LogP contribution in [0.3, 0.4) is 0 Å². The average molecular weight is 460 g/mol. The number of piperidine rings is 1. The Labute approximate surface area is 186 Å². The zero-order valence-corrected chi connectivity index (χ0v) is 18.2. The maximum absolute atomic E-state index is 14.0. The molecule has 9 heteroatoms. The molecule has 0 radical (unpaired) electrons. The molecule has 0 aliphatic carbocycles. The molecule has 1 amide bonds. The van der Waals surface area contributed by atoms with Crippen molar-refractivity contribution in [1.29, 1.82) is 5.26 Å². The highest BCUT2D eigenvalue weighted by molar-refractivity contribution is 7.89. The number of carbonyl (C=O) groups is 1. The number of nitriles is 1. The predicted molar refractivity (Wildman–Crippen MR) is 115 cm³/mol. The summed E-state index contributed by atoms with van der Waals surface area (Å²) in [7, 11) is -4.20. The molecule has 0 spiro atoms. The van der Waals surface area contributed by atoms with Crippen LogP contribution in [0.25, 0.3) is 0 Å². The van der Waals surface area contributed by atoms with E-state index >= 15 is 0 Å². The minimum absolute atomic E-state index is 0.0352. The molecule has 1 saturated heterocycles. The lowest BCUT2D eigenvalue weighted by Gasteiger charge is -2.33. The summed E-state index contributed by atoms with van der Waals surface area (Å²) in [5, 5.41) is 8.92. The van der Waals surface area contributed by atoms with Crippen LogP contribution in [-0.4, -0.2) is 43.2 Å². The Morgan fingerprint density at radius 2 is 1.84 bits per heavy atom. The van der Waals surface area contributed by atoms with Crippen molar-refractivity contribution in [2.75, 3.05) is 19.6 Å². The molecule has 1 heterocycles. The van der Waals surface area contributed by atoms with E-state index in [2.05, 4.69) is 6.58 Å². The van der Waals surface area contributed by atoms with Gasteiger partial charge in [-0.2, -0.15) is 9.57 Å². The van der Waals surface area contributed by atoms with E-state index in [1.807, 2.05) is 6.07 Å². The van der Waals surface area contributed by atoms with Crippen molar-refractivity contribution < 1.29 is 22.0 Å². The van der Waals surface area contributed by atoms with Crippen LogP contribution in [0.2, 0.25) is 0 Å². The summed E-state index contributed by atoms with van der Waals surface area (Å²) in [5.41, 5.74) is 1.39. The van der Waals surface area contributed by atoms with Crippen molar-refractivity contribution >= 4 is 15.9 Å². The van der Waals surface area contributed by atoms with Crippen molar-refractivity contribution in [1.82, 2.24) is 9.21 Å². The molecule has 1 aliphatic rings. The fourth-order valence-corrected chi connectivity index (χ4v) is 5.25. The maximum Gasteiger partial charge on any atom is 0.246 e. The summed E-state index contributed by atoms with van der Waals surface area (Å²) in [5.74, 6) is -2.36. The second-order valence-corrected chi connectivity index (χ2v) is 9.48. The highest BCUT2D eigenvalue weighted by Gasteiger charge is 2.35.